The summed E-state index contributed by atoms with van der Waals surface area (Å²) in [6, 6.07) is 9.62. The molecule has 1 fully saturated rings. The van der Waals surface area contributed by atoms with Crippen molar-refractivity contribution in [1.82, 2.24) is 4.90 Å². The summed E-state index contributed by atoms with van der Waals surface area (Å²) in [7, 11) is 3.24. The molecule has 0 bridgehead atoms. The molecule has 2 aromatic rings. The molecular formula is C25H31N3O4. The third kappa shape index (κ3) is 4.24. The second-order valence-corrected chi connectivity index (χ2v) is 8.68. The summed E-state index contributed by atoms with van der Waals surface area (Å²) in [5, 5.41) is 6.04. The molecule has 2 N–H and O–H groups in total. The van der Waals surface area contributed by atoms with Crippen molar-refractivity contribution in [3.8, 4) is 11.5 Å². The Morgan fingerprint density at radius 2 is 1.69 bits per heavy atom. The normalized spacial score (nSPS) is 20.2. The quantitative estimate of drug-likeness (QED) is 0.700. The smallest absolute Gasteiger partial charge is 0.322 e. The van der Waals surface area contributed by atoms with Crippen molar-refractivity contribution in [2.45, 2.75) is 52.1 Å². The summed E-state index contributed by atoms with van der Waals surface area (Å²) in [6.45, 7) is 4.59. The van der Waals surface area contributed by atoms with E-state index in [9.17, 15) is 9.59 Å². The van der Waals surface area contributed by atoms with Crippen molar-refractivity contribution in [2.24, 2.45) is 5.92 Å². The monoisotopic (exact) mass is 437 g/mol. The zero-order chi connectivity index (χ0) is 22.8. The highest BCUT2D eigenvalue weighted by molar-refractivity contribution is 5.95. The van der Waals surface area contributed by atoms with Gasteiger partial charge in [0.2, 0.25) is 5.91 Å². The number of hydrogen-bond donors (Lipinski definition) is 2. The third-order valence-corrected chi connectivity index (χ3v) is 6.73. The molecule has 170 valence electrons. The van der Waals surface area contributed by atoms with E-state index in [-0.39, 0.29) is 23.9 Å². The predicted molar refractivity (Wildman–Crippen MR) is 124 cm³/mol. The number of ether oxygens (including phenoxy) is 2. The minimum Gasteiger partial charge on any atom is -0.496 e. The lowest BCUT2D eigenvalue weighted by Gasteiger charge is -2.39. The number of carbonyl (C=O) groups excluding carboxylic acids is 2. The molecule has 1 aliphatic carbocycles. The molecule has 2 aromatic carbocycles. The van der Waals surface area contributed by atoms with Crippen LogP contribution in [-0.4, -0.2) is 37.1 Å². The van der Waals surface area contributed by atoms with Gasteiger partial charge in [0.25, 0.3) is 0 Å². The average Bonchev–Trinajstić information content (AvgIpc) is 2.80. The number of nitrogens with one attached hydrogen (secondary N) is 2. The lowest BCUT2D eigenvalue weighted by atomic mass is 9.84. The molecule has 0 unspecified atom stereocenters. The van der Waals surface area contributed by atoms with E-state index in [4.69, 9.17) is 9.47 Å². The first kappa shape index (κ1) is 22.0. The zero-order valence-electron chi connectivity index (χ0n) is 19.2. The lowest BCUT2D eigenvalue weighted by molar-refractivity contribution is -0.121. The summed E-state index contributed by atoms with van der Waals surface area (Å²) in [5.41, 5.74) is 4.77. The van der Waals surface area contributed by atoms with Gasteiger partial charge in [0.15, 0.2) is 0 Å². The van der Waals surface area contributed by atoms with Gasteiger partial charge in [0.05, 0.1) is 26.5 Å². The topological polar surface area (TPSA) is 79.9 Å². The van der Waals surface area contributed by atoms with Crippen LogP contribution in [0.15, 0.2) is 30.3 Å². The number of amides is 3. The van der Waals surface area contributed by atoms with E-state index < -0.39 is 0 Å². The van der Waals surface area contributed by atoms with Crippen LogP contribution in [0.1, 0.15) is 42.4 Å². The lowest BCUT2D eigenvalue weighted by Crippen LogP contribution is -2.47. The number of hydrogen-bond acceptors (Lipinski definition) is 4. The van der Waals surface area contributed by atoms with E-state index in [1.165, 1.54) is 0 Å². The first-order chi connectivity index (χ1) is 15.4. The molecule has 2 aliphatic rings. The minimum atomic E-state index is -0.0962. The summed E-state index contributed by atoms with van der Waals surface area (Å²) in [5.74, 6) is 1.42. The largest absolute Gasteiger partial charge is 0.496 e. The van der Waals surface area contributed by atoms with Crippen molar-refractivity contribution >= 4 is 23.3 Å². The summed E-state index contributed by atoms with van der Waals surface area (Å²) in [6.07, 6.45) is 3.13. The van der Waals surface area contributed by atoms with Gasteiger partial charge >= 0.3 is 6.03 Å². The Kier molecular flexibility index (Phi) is 6.26. The number of benzene rings is 2. The van der Waals surface area contributed by atoms with E-state index in [2.05, 4.69) is 17.6 Å². The Hall–Kier alpha value is -3.22. The number of nitrogens with zero attached hydrogens (tertiary/aromatic N) is 1. The van der Waals surface area contributed by atoms with Crippen LogP contribution in [-0.2, 0) is 11.3 Å². The fourth-order valence-corrected chi connectivity index (χ4v) is 4.75. The van der Waals surface area contributed by atoms with Gasteiger partial charge in [0.1, 0.15) is 11.5 Å². The van der Waals surface area contributed by atoms with Gasteiger partial charge in [-0.2, -0.15) is 0 Å². The van der Waals surface area contributed by atoms with Crippen LogP contribution >= 0.6 is 0 Å². The Morgan fingerprint density at radius 1 is 1.00 bits per heavy atom. The fourth-order valence-electron chi connectivity index (χ4n) is 4.75. The van der Waals surface area contributed by atoms with Crippen molar-refractivity contribution in [3.05, 3.63) is 47.0 Å². The molecule has 7 nitrogen and oxygen atoms in total. The van der Waals surface area contributed by atoms with Crippen LogP contribution in [0.5, 0.6) is 11.5 Å². The number of methoxy groups -OCH3 is 2. The fraction of sp³-hybridized carbons (Fsp3) is 0.440. The molecule has 1 aliphatic heterocycles. The molecule has 1 heterocycles. The van der Waals surface area contributed by atoms with Crippen molar-refractivity contribution in [1.29, 1.82) is 0 Å². The standard InChI is InChI=1S/C25H31N3O4/c1-15-6-12-21(31-3)23-20(15)14-28(25(30)27-23)19-10-7-17(8-11-19)24(29)26-18-9-5-16(2)22(13-18)32-4/h5-6,9,12-13,17,19H,7-8,10-11,14H2,1-4H3,(H,26,29)(H,27,30). The summed E-state index contributed by atoms with van der Waals surface area (Å²) in [4.78, 5) is 27.6. The van der Waals surface area contributed by atoms with Gasteiger partial charge < -0.3 is 25.0 Å². The molecule has 0 spiro atoms. The van der Waals surface area contributed by atoms with Gasteiger partial charge in [-0.3, -0.25) is 4.79 Å². The second-order valence-electron chi connectivity index (χ2n) is 8.68. The highest BCUT2D eigenvalue weighted by Crippen LogP contribution is 2.38. The van der Waals surface area contributed by atoms with Gasteiger partial charge in [-0.1, -0.05) is 12.1 Å². The molecule has 0 radical (unpaired) electrons. The maximum atomic E-state index is 12.8. The van der Waals surface area contributed by atoms with E-state index in [0.717, 1.165) is 59.5 Å². The van der Waals surface area contributed by atoms with Crippen molar-refractivity contribution in [2.75, 3.05) is 24.9 Å². The highest BCUT2D eigenvalue weighted by Gasteiger charge is 2.35. The van der Waals surface area contributed by atoms with Crippen LogP contribution in [0.2, 0.25) is 0 Å². The molecule has 1 saturated carbocycles. The van der Waals surface area contributed by atoms with Gasteiger partial charge in [-0.15, -0.1) is 0 Å². The number of fused-ring (bicyclic) bond motifs is 1. The molecule has 4 rings (SSSR count). The molecule has 32 heavy (non-hydrogen) atoms. The Morgan fingerprint density at radius 3 is 2.38 bits per heavy atom. The number of urea groups is 1. The molecule has 0 atom stereocenters. The van der Waals surface area contributed by atoms with Gasteiger partial charge in [0, 0.05) is 29.3 Å². The number of aryl methyl sites for hydroxylation is 2. The van der Waals surface area contributed by atoms with Crippen molar-refractivity contribution < 1.29 is 19.1 Å². The number of rotatable bonds is 5. The maximum absolute atomic E-state index is 12.8. The number of carbonyl (C=O) groups is 2. The van der Waals surface area contributed by atoms with Gasteiger partial charge in [-0.05, 0) is 62.8 Å². The highest BCUT2D eigenvalue weighted by atomic mass is 16.5. The summed E-state index contributed by atoms with van der Waals surface area (Å²) >= 11 is 0. The van der Waals surface area contributed by atoms with E-state index in [1.807, 2.05) is 42.2 Å². The van der Waals surface area contributed by atoms with Crippen LogP contribution in [0, 0.1) is 19.8 Å². The zero-order valence-corrected chi connectivity index (χ0v) is 19.2. The minimum absolute atomic E-state index is 0.0309. The molecule has 3 amide bonds. The first-order valence-corrected chi connectivity index (χ1v) is 11.1. The van der Waals surface area contributed by atoms with Crippen LogP contribution < -0.4 is 20.1 Å². The van der Waals surface area contributed by atoms with E-state index in [0.29, 0.717) is 12.3 Å². The third-order valence-electron chi connectivity index (χ3n) is 6.73. The predicted octanol–water partition coefficient (Wildman–Crippen LogP) is 4.87. The Bertz CT molecular complexity index is 1030. The first-order valence-electron chi connectivity index (χ1n) is 11.1. The molecular weight excluding hydrogens is 406 g/mol. The second kappa shape index (κ2) is 9.10. The molecule has 0 saturated heterocycles. The Balaban J connectivity index is 1.38. The average molecular weight is 438 g/mol. The van der Waals surface area contributed by atoms with Crippen LogP contribution in [0.25, 0.3) is 0 Å². The summed E-state index contributed by atoms with van der Waals surface area (Å²) < 4.78 is 10.8. The molecule has 7 heteroatoms. The van der Waals surface area contributed by atoms with Crippen LogP contribution in [0.3, 0.4) is 0 Å². The maximum Gasteiger partial charge on any atom is 0.322 e. The van der Waals surface area contributed by atoms with Crippen molar-refractivity contribution in [3.63, 3.8) is 0 Å². The Labute approximate surface area is 189 Å². The van der Waals surface area contributed by atoms with E-state index >= 15 is 0 Å². The van der Waals surface area contributed by atoms with Crippen LogP contribution in [0.4, 0.5) is 16.2 Å². The SMILES string of the molecule is COc1cc(NC(=O)C2CCC(N3Cc4c(C)ccc(OC)c4NC3=O)CC2)ccc1C. The number of anilines is 2. The van der Waals surface area contributed by atoms with E-state index in [1.54, 1.807) is 14.2 Å². The molecule has 0 aromatic heterocycles. The van der Waals surface area contributed by atoms with Gasteiger partial charge in [-0.25, -0.2) is 4.79 Å².